The maximum atomic E-state index is 12.0. The van der Waals surface area contributed by atoms with Crippen molar-refractivity contribution in [3.63, 3.8) is 0 Å². The van der Waals surface area contributed by atoms with Crippen molar-refractivity contribution in [2.45, 2.75) is 19.9 Å². The molecule has 0 radical (unpaired) electrons. The van der Waals surface area contributed by atoms with E-state index in [4.69, 9.17) is 17.0 Å². The summed E-state index contributed by atoms with van der Waals surface area (Å²) in [7, 11) is 1.62. The van der Waals surface area contributed by atoms with Gasteiger partial charge in [-0.15, -0.1) is 0 Å². The van der Waals surface area contributed by atoms with E-state index in [-0.39, 0.29) is 6.03 Å². The zero-order chi connectivity index (χ0) is 18.1. The number of hydrogen-bond acceptors (Lipinski definition) is 3. The summed E-state index contributed by atoms with van der Waals surface area (Å²) in [6, 6.07) is 15.0. The molecule has 0 aromatic heterocycles. The topological polar surface area (TPSA) is 62.4 Å². The maximum absolute atomic E-state index is 12.0. The average molecular weight is 357 g/mol. The Bertz CT molecular complexity index is 700. The Morgan fingerprint density at radius 1 is 1.00 bits per heavy atom. The largest absolute Gasteiger partial charge is 0.497 e. The first kappa shape index (κ1) is 18.7. The summed E-state index contributed by atoms with van der Waals surface area (Å²) in [5.74, 6) is 0.793. The highest BCUT2D eigenvalue weighted by atomic mass is 32.1. The van der Waals surface area contributed by atoms with Crippen LogP contribution in [0.5, 0.6) is 5.75 Å². The lowest BCUT2D eigenvalue weighted by Gasteiger charge is -2.09. The fourth-order valence-electron chi connectivity index (χ4n) is 2.25. The third-order valence-corrected chi connectivity index (χ3v) is 3.85. The SMILES string of the molecule is CCNC(=S)Cc1ccc(NC(=O)NCc2ccc(OC)cc2)cc1. The van der Waals surface area contributed by atoms with Crippen molar-refractivity contribution in [3.8, 4) is 5.75 Å². The Balaban J connectivity index is 1.80. The van der Waals surface area contributed by atoms with Crippen LogP contribution in [0.2, 0.25) is 0 Å². The van der Waals surface area contributed by atoms with Crippen LogP contribution in [0, 0.1) is 0 Å². The Morgan fingerprint density at radius 3 is 2.24 bits per heavy atom. The summed E-state index contributed by atoms with van der Waals surface area (Å²) in [5.41, 5.74) is 2.85. The number of likely N-dealkylation sites (N-methyl/N-ethyl adjacent to an activating group) is 1. The van der Waals surface area contributed by atoms with Gasteiger partial charge < -0.3 is 20.7 Å². The predicted octanol–water partition coefficient (Wildman–Crippen LogP) is 3.50. The van der Waals surface area contributed by atoms with Gasteiger partial charge in [0.05, 0.1) is 12.1 Å². The van der Waals surface area contributed by atoms with Gasteiger partial charge in [-0.25, -0.2) is 4.79 Å². The van der Waals surface area contributed by atoms with Crippen LogP contribution in [0.3, 0.4) is 0 Å². The second-order valence-corrected chi connectivity index (χ2v) is 5.98. The zero-order valence-corrected chi connectivity index (χ0v) is 15.3. The first-order valence-corrected chi connectivity index (χ1v) is 8.55. The lowest BCUT2D eigenvalue weighted by atomic mass is 10.1. The fourth-order valence-corrected chi connectivity index (χ4v) is 2.56. The molecule has 0 bridgehead atoms. The van der Waals surface area contributed by atoms with E-state index in [9.17, 15) is 4.79 Å². The van der Waals surface area contributed by atoms with Gasteiger partial charge in [-0.05, 0) is 42.3 Å². The van der Waals surface area contributed by atoms with Crippen molar-refractivity contribution in [2.75, 3.05) is 19.0 Å². The van der Waals surface area contributed by atoms with Gasteiger partial charge in [0.15, 0.2) is 0 Å². The first-order valence-electron chi connectivity index (χ1n) is 8.14. The molecular formula is C19H23N3O2S. The number of rotatable bonds is 7. The zero-order valence-electron chi connectivity index (χ0n) is 14.5. The molecule has 0 fully saturated rings. The first-order chi connectivity index (χ1) is 12.1. The highest BCUT2D eigenvalue weighted by molar-refractivity contribution is 7.80. The van der Waals surface area contributed by atoms with Crippen LogP contribution in [0.15, 0.2) is 48.5 Å². The third-order valence-electron chi connectivity index (χ3n) is 3.56. The Morgan fingerprint density at radius 2 is 1.64 bits per heavy atom. The highest BCUT2D eigenvalue weighted by Crippen LogP contribution is 2.12. The smallest absolute Gasteiger partial charge is 0.319 e. The maximum Gasteiger partial charge on any atom is 0.319 e. The van der Waals surface area contributed by atoms with Crippen molar-refractivity contribution in [2.24, 2.45) is 0 Å². The Kier molecular flexibility index (Phi) is 7.22. The van der Waals surface area contributed by atoms with Crippen molar-refractivity contribution in [1.82, 2.24) is 10.6 Å². The van der Waals surface area contributed by atoms with Gasteiger partial charge >= 0.3 is 6.03 Å². The Labute approximate surface area is 153 Å². The van der Waals surface area contributed by atoms with E-state index in [1.165, 1.54) is 0 Å². The lowest BCUT2D eigenvalue weighted by molar-refractivity contribution is 0.251. The molecule has 132 valence electrons. The van der Waals surface area contributed by atoms with Gasteiger partial charge in [-0.3, -0.25) is 0 Å². The van der Waals surface area contributed by atoms with Gasteiger partial charge in [0.1, 0.15) is 5.75 Å². The molecule has 2 aromatic carbocycles. The molecule has 2 rings (SSSR count). The van der Waals surface area contributed by atoms with E-state index in [1.54, 1.807) is 7.11 Å². The minimum absolute atomic E-state index is 0.244. The molecule has 2 amide bonds. The molecule has 5 nitrogen and oxygen atoms in total. The molecule has 0 saturated heterocycles. The van der Waals surface area contributed by atoms with E-state index >= 15 is 0 Å². The number of anilines is 1. The number of benzene rings is 2. The fraction of sp³-hybridized carbons (Fsp3) is 0.263. The van der Waals surface area contributed by atoms with Crippen LogP contribution in [0.4, 0.5) is 10.5 Å². The molecule has 25 heavy (non-hydrogen) atoms. The number of amides is 2. The van der Waals surface area contributed by atoms with E-state index in [1.807, 2.05) is 55.5 Å². The van der Waals surface area contributed by atoms with Crippen molar-refractivity contribution in [1.29, 1.82) is 0 Å². The molecule has 0 atom stereocenters. The number of hydrogen-bond donors (Lipinski definition) is 3. The highest BCUT2D eigenvalue weighted by Gasteiger charge is 2.03. The summed E-state index contributed by atoms with van der Waals surface area (Å²) in [6.07, 6.45) is 0.702. The molecular weight excluding hydrogens is 334 g/mol. The van der Waals surface area contributed by atoms with Crippen LogP contribution >= 0.6 is 12.2 Å². The molecule has 0 unspecified atom stereocenters. The summed E-state index contributed by atoms with van der Waals surface area (Å²) in [5, 5.41) is 8.77. The number of urea groups is 1. The van der Waals surface area contributed by atoms with E-state index < -0.39 is 0 Å². The van der Waals surface area contributed by atoms with E-state index in [2.05, 4.69) is 16.0 Å². The molecule has 3 N–H and O–H groups in total. The average Bonchev–Trinajstić information content (AvgIpc) is 2.62. The van der Waals surface area contributed by atoms with Gasteiger partial charge in [-0.1, -0.05) is 36.5 Å². The van der Waals surface area contributed by atoms with E-state index in [0.717, 1.165) is 34.1 Å². The summed E-state index contributed by atoms with van der Waals surface area (Å²) in [4.78, 5) is 12.8. The van der Waals surface area contributed by atoms with Crippen LogP contribution in [-0.2, 0) is 13.0 Å². The van der Waals surface area contributed by atoms with Crippen molar-refractivity contribution < 1.29 is 9.53 Å². The van der Waals surface area contributed by atoms with Crippen molar-refractivity contribution in [3.05, 3.63) is 59.7 Å². The minimum Gasteiger partial charge on any atom is -0.497 e. The molecule has 0 aliphatic heterocycles. The lowest BCUT2D eigenvalue weighted by Crippen LogP contribution is -2.28. The monoisotopic (exact) mass is 357 g/mol. The number of nitrogens with one attached hydrogen (secondary N) is 3. The standard InChI is InChI=1S/C19H23N3O2S/c1-3-20-18(25)12-14-4-8-16(9-5-14)22-19(23)21-13-15-6-10-17(24-2)11-7-15/h4-11H,3,12-13H2,1-2H3,(H,20,25)(H2,21,22,23). The van der Waals surface area contributed by atoms with Crippen LogP contribution < -0.4 is 20.7 Å². The minimum atomic E-state index is -0.244. The van der Waals surface area contributed by atoms with Gasteiger partial charge in [0, 0.05) is 25.2 Å². The second-order valence-electron chi connectivity index (χ2n) is 5.48. The molecule has 0 spiro atoms. The summed E-state index contributed by atoms with van der Waals surface area (Å²) in [6.45, 7) is 3.29. The molecule has 6 heteroatoms. The van der Waals surface area contributed by atoms with Gasteiger partial charge in [0.2, 0.25) is 0 Å². The summed E-state index contributed by atoms with van der Waals surface area (Å²) < 4.78 is 5.11. The van der Waals surface area contributed by atoms with Crippen LogP contribution in [-0.4, -0.2) is 24.7 Å². The van der Waals surface area contributed by atoms with Gasteiger partial charge in [0.25, 0.3) is 0 Å². The van der Waals surface area contributed by atoms with Crippen molar-refractivity contribution >= 4 is 28.9 Å². The summed E-state index contributed by atoms with van der Waals surface area (Å²) >= 11 is 5.24. The normalized spacial score (nSPS) is 10.0. The molecule has 0 heterocycles. The predicted molar refractivity (Wildman–Crippen MR) is 105 cm³/mol. The van der Waals surface area contributed by atoms with E-state index in [0.29, 0.717) is 13.0 Å². The molecule has 0 aliphatic rings. The number of methoxy groups -OCH3 is 1. The molecule has 0 saturated carbocycles. The number of carbonyl (C=O) groups is 1. The third kappa shape index (κ3) is 6.43. The van der Waals surface area contributed by atoms with Crippen LogP contribution in [0.25, 0.3) is 0 Å². The van der Waals surface area contributed by atoms with Crippen LogP contribution in [0.1, 0.15) is 18.1 Å². The molecule has 2 aromatic rings. The number of carbonyl (C=O) groups excluding carboxylic acids is 1. The second kappa shape index (κ2) is 9.64. The quantitative estimate of drug-likeness (QED) is 0.664. The van der Waals surface area contributed by atoms with Gasteiger partial charge in [-0.2, -0.15) is 0 Å². The number of ether oxygens (including phenoxy) is 1. The molecule has 0 aliphatic carbocycles. The Hall–Kier alpha value is -2.60. The number of thiocarbonyl (C=S) groups is 1.